The third-order valence-corrected chi connectivity index (χ3v) is 8.76. The van der Waals surface area contributed by atoms with E-state index in [1.54, 1.807) is 42.5 Å². The minimum atomic E-state index is -5.08. The highest BCUT2D eigenvalue weighted by Crippen LogP contribution is 2.30. The van der Waals surface area contributed by atoms with Crippen LogP contribution in [-0.4, -0.2) is 41.6 Å². The highest BCUT2D eigenvalue weighted by atomic mass is 19.4. The number of fused-ring (bicyclic) bond motifs is 1. The Labute approximate surface area is 262 Å². The summed E-state index contributed by atoms with van der Waals surface area (Å²) in [5, 5.41) is 7.50. The first-order chi connectivity index (χ1) is 21.4. The average Bonchev–Trinajstić information content (AvgIpc) is 3.02. The zero-order chi connectivity index (χ0) is 32.6. The van der Waals surface area contributed by atoms with Crippen molar-refractivity contribution in [3.63, 3.8) is 0 Å². The van der Waals surface area contributed by atoms with E-state index in [0.29, 0.717) is 17.5 Å². The molecule has 0 heterocycles. The fourth-order valence-electron chi connectivity index (χ4n) is 6.13. The predicted octanol–water partition coefficient (Wildman–Crippen LogP) is 7.00. The number of amides is 2. The number of ketones is 2. The summed E-state index contributed by atoms with van der Waals surface area (Å²) in [7, 11) is 0. The molecule has 4 rings (SSSR count). The molecule has 1 fully saturated rings. The van der Waals surface area contributed by atoms with Crippen LogP contribution in [0.4, 0.5) is 13.2 Å². The molecule has 0 aromatic heterocycles. The number of hydrogen-bond donors (Lipinski definition) is 2. The maximum atomic E-state index is 13.9. The van der Waals surface area contributed by atoms with Crippen LogP contribution in [0.3, 0.4) is 0 Å². The van der Waals surface area contributed by atoms with Gasteiger partial charge in [0, 0.05) is 17.9 Å². The van der Waals surface area contributed by atoms with Crippen molar-refractivity contribution in [3.8, 4) is 0 Å². The lowest BCUT2D eigenvalue weighted by molar-refractivity contribution is -0.177. The second kappa shape index (κ2) is 15.3. The molecule has 0 radical (unpaired) electrons. The number of nitrogens with one attached hydrogen (secondary N) is 2. The molecule has 0 unspecified atom stereocenters. The van der Waals surface area contributed by atoms with Gasteiger partial charge in [0.15, 0.2) is 5.78 Å². The van der Waals surface area contributed by atoms with Crippen molar-refractivity contribution >= 4 is 34.2 Å². The van der Waals surface area contributed by atoms with E-state index in [0.717, 1.165) is 42.9 Å². The summed E-state index contributed by atoms with van der Waals surface area (Å²) in [6.45, 7) is 2.93. The Morgan fingerprint density at radius 1 is 0.800 bits per heavy atom. The van der Waals surface area contributed by atoms with Crippen molar-refractivity contribution in [1.82, 2.24) is 10.6 Å². The monoisotopic (exact) mass is 622 g/mol. The number of rotatable bonds is 13. The van der Waals surface area contributed by atoms with Gasteiger partial charge < -0.3 is 10.6 Å². The quantitative estimate of drug-likeness (QED) is 0.215. The molecule has 9 heteroatoms. The van der Waals surface area contributed by atoms with E-state index in [2.05, 4.69) is 10.6 Å². The molecule has 240 valence electrons. The molecule has 2 N–H and O–H groups in total. The van der Waals surface area contributed by atoms with Crippen LogP contribution in [0.15, 0.2) is 72.8 Å². The van der Waals surface area contributed by atoms with Gasteiger partial charge in [0.2, 0.25) is 11.7 Å². The number of alkyl halides is 3. The Hall–Kier alpha value is -4.01. The zero-order valence-corrected chi connectivity index (χ0v) is 25.7. The Balaban J connectivity index is 1.58. The largest absolute Gasteiger partial charge is 0.450 e. The second-order valence-corrected chi connectivity index (χ2v) is 12.5. The summed E-state index contributed by atoms with van der Waals surface area (Å²) in [5.41, 5.74) is 1.08. The molecule has 2 amide bonds. The molecular formula is C36H41F3N2O4. The summed E-state index contributed by atoms with van der Waals surface area (Å²) in [6.07, 6.45) is -0.347. The first kappa shape index (κ1) is 33.9. The fraction of sp³-hybridized carbons (Fsp3) is 0.444. The molecule has 0 spiro atoms. The van der Waals surface area contributed by atoms with Gasteiger partial charge in [-0.3, -0.25) is 19.2 Å². The van der Waals surface area contributed by atoms with Gasteiger partial charge in [0.25, 0.3) is 5.91 Å². The molecule has 0 bridgehead atoms. The minimum Gasteiger partial charge on any atom is -0.344 e. The van der Waals surface area contributed by atoms with E-state index in [-0.39, 0.29) is 12.3 Å². The van der Waals surface area contributed by atoms with Gasteiger partial charge in [-0.05, 0) is 53.1 Å². The van der Waals surface area contributed by atoms with Gasteiger partial charge in [-0.15, -0.1) is 0 Å². The fourth-order valence-corrected chi connectivity index (χ4v) is 6.13. The summed E-state index contributed by atoms with van der Waals surface area (Å²) < 4.78 is 40.1. The van der Waals surface area contributed by atoms with Crippen LogP contribution in [0.2, 0.25) is 0 Å². The molecular weight excluding hydrogens is 581 g/mol. The van der Waals surface area contributed by atoms with Crippen molar-refractivity contribution in [2.24, 2.45) is 17.8 Å². The van der Waals surface area contributed by atoms with E-state index in [1.165, 1.54) is 13.8 Å². The number of benzene rings is 3. The lowest BCUT2D eigenvalue weighted by Crippen LogP contribution is -2.53. The van der Waals surface area contributed by atoms with Crippen LogP contribution in [0.5, 0.6) is 0 Å². The van der Waals surface area contributed by atoms with Crippen LogP contribution < -0.4 is 10.6 Å². The Morgan fingerprint density at radius 2 is 1.44 bits per heavy atom. The topological polar surface area (TPSA) is 92.3 Å². The van der Waals surface area contributed by atoms with Crippen LogP contribution in [0.1, 0.15) is 74.7 Å². The molecule has 3 aromatic carbocycles. The van der Waals surface area contributed by atoms with Gasteiger partial charge in [-0.1, -0.05) is 107 Å². The lowest BCUT2D eigenvalue weighted by Gasteiger charge is -2.29. The van der Waals surface area contributed by atoms with Gasteiger partial charge in [-0.25, -0.2) is 0 Å². The van der Waals surface area contributed by atoms with E-state index in [4.69, 9.17) is 0 Å². The Morgan fingerprint density at radius 3 is 2.09 bits per heavy atom. The molecule has 1 saturated carbocycles. The summed E-state index contributed by atoms with van der Waals surface area (Å²) in [4.78, 5) is 53.1. The van der Waals surface area contributed by atoms with Crippen molar-refractivity contribution in [3.05, 3.63) is 83.9 Å². The van der Waals surface area contributed by atoms with Crippen molar-refractivity contribution in [2.45, 2.75) is 83.5 Å². The van der Waals surface area contributed by atoms with Crippen LogP contribution in [-0.2, 0) is 20.8 Å². The maximum absolute atomic E-state index is 13.9. The standard InChI is InChI=1S/C36H41F3N2O4/c1-23(2)29(33(43)36(37,38)39)22-32(42)30(19-24-11-5-3-6-12-24)40-35(45)31(20-25-13-7-4-8-14-25)41-34(44)28-18-17-26-15-9-10-16-27(26)21-28/h3,5-6,9-12,15-18,21,23,25,29-31H,4,7-8,13-14,19-20,22H2,1-2H3,(H,40,45)(H,41,44)/t29-,30-,31-/m0/s1. The van der Waals surface area contributed by atoms with Crippen molar-refractivity contribution < 1.29 is 32.3 Å². The molecule has 6 nitrogen and oxygen atoms in total. The normalized spacial score (nSPS) is 16.1. The predicted molar refractivity (Wildman–Crippen MR) is 167 cm³/mol. The van der Waals surface area contributed by atoms with Gasteiger partial charge >= 0.3 is 6.18 Å². The molecule has 45 heavy (non-hydrogen) atoms. The molecule has 1 aliphatic carbocycles. The van der Waals surface area contributed by atoms with Crippen LogP contribution in [0, 0.1) is 17.8 Å². The highest BCUT2D eigenvalue weighted by Gasteiger charge is 2.45. The summed E-state index contributed by atoms with van der Waals surface area (Å²) in [6, 6.07) is 19.6. The first-order valence-corrected chi connectivity index (χ1v) is 15.7. The van der Waals surface area contributed by atoms with E-state index < -0.39 is 59.9 Å². The maximum Gasteiger partial charge on any atom is 0.450 e. The number of hydrogen-bond acceptors (Lipinski definition) is 4. The molecule has 1 aliphatic rings. The second-order valence-electron chi connectivity index (χ2n) is 12.5. The number of Topliss-reactive ketones (excluding diaryl/α,β-unsaturated/α-hetero) is 2. The smallest absolute Gasteiger partial charge is 0.344 e. The molecule has 0 aliphatic heterocycles. The van der Waals surface area contributed by atoms with Gasteiger partial charge in [0.05, 0.1) is 6.04 Å². The third kappa shape index (κ3) is 9.49. The average molecular weight is 623 g/mol. The number of carbonyl (C=O) groups excluding carboxylic acids is 4. The molecule has 0 saturated heterocycles. The summed E-state index contributed by atoms with van der Waals surface area (Å²) in [5.74, 6) is -5.74. The molecule has 3 atom stereocenters. The van der Waals surface area contributed by atoms with Gasteiger partial charge in [-0.2, -0.15) is 13.2 Å². The van der Waals surface area contributed by atoms with Crippen molar-refractivity contribution in [1.29, 1.82) is 0 Å². The molecule has 3 aromatic rings. The highest BCUT2D eigenvalue weighted by molar-refractivity contribution is 6.01. The Bertz CT molecular complexity index is 1480. The number of carbonyl (C=O) groups is 4. The Kier molecular flexibility index (Phi) is 11.5. The summed E-state index contributed by atoms with van der Waals surface area (Å²) >= 11 is 0. The van der Waals surface area contributed by atoms with E-state index in [1.807, 2.05) is 30.3 Å². The minimum absolute atomic E-state index is 0.0329. The van der Waals surface area contributed by atoms with Crippen LogP contribution >= 0.6 is 0 Å². The van der Waals surface area contributed by atoms with Crippen LogP contribution in [0.25, 0.3) is 10.8 Å². The lowest BCUT2D eigenvalue weighted by atomic mass is 9.83. The van der Waals surface area contributed by atoms with Gasteiger partial charge in [0.1, 0.15) is 6.04 Å². The first-order valence-electron chi connectivity index (χ1n) is 15.7. The third-order valence-electron chi connectivity index (χ3n) is 8.76. The zero-order valence-electron chi connectivity index (χ0n) is 25.7. The SMILES string of the molecule is CC(C)[C@H](CC(=O)[C@H](Cc1ccccc1)NC(=O)[C@H](CC1CCCCC1)NC(=O)c1ccc2ccccc2c1)C(=O)C(F)(F)F. The number of halogens is 3. The van der Waals surface area contributed by atoms with E-state index in [9.17, 15) is 32.3 Å². The van der Waals surface area contributed by atoms with Crippen molar-refractivity contribution in [2.75, 3.05) is 0 Å². The van der Waals surface area contributed by atoms with E-state index >= 15 is 0 Å².